The molecule has 1 amide bonds. The van der Waals surface area contributed by atoms with Gasteiger partial charge in [-0.2, -0.15) is 18.2 Å². The average molecular weight is 369 g/mol. The van der Waals surface area contributed by atoms with Crippen molar-refractivity contribution in [2.75, 3.05) is 26.7 Å². The number of hydrogen-bond acceptors (Lipinski definition) is 6. The fourth-order valence-electron chi connectivity index (χ4n) is 2.64. The third-order valence-corrected chi connectivity index (χ3v) is 4.17. The number of carbonyl (C=O) groups excluding carboxylic acids is 1. The molecule has 1 aliphatic heterocycles. The second-order valence-corrected chi connectivity index (χ2v) is 6.00. The summed E-state index contributed by atoms with van der Waals surface area (Å²) in [5, 5.41) is 9.74. The van der Waals surface area contributed by atoms with Gasteiger partial charge in [0.15, 0.2) is 5.82 Å². The van der Waals surface area contributed by atoms with Gasteiger partial charge in [-0.1, -0.05) is 5.16 Å². The molecule has 1 fully saturated rings. The number of benzene rings is 1. The molecule has 1 unspecified atom stereocenters. The number of likely N-dealkylation sites (N-methyl/N-ethyl adjacent to an activating group) is 1. The second-order valence-electron chi connectivity index (χ2n) is 6.00. The van der Waals surface area contributed by atoms with Crippen LogP contribution in [0.1, 0.15) is 33.7 Å². The maximum absolute atomic E-state index is 12.5. The van der Waals surface area contributed by atoms with Crippen molar-refractivity contribution in [3.8, 4) is 0 Å². The van der Waals surface area contributed by atoms with E-state index >= 15 is 0 Å². The van der Waals surface area contributed by atoms with E-state index in [-0.39, 0.29) is 24.0 Å². The minimum Gasteiger partial charge on any atom is -0.343 e. The van der Waals surface area contributed by atoms with Crippen LogP contribution in [0.25, 0.3) is 0 Å². The van der Waals surface area contributed by atoms with Crippen molar-refractivity contribution in [3.63, 3.8) is 0 Å². The number of rotatable bonds is 4. The SMILES string of the molecule is CN1CCNCC1c1noc(CNC(=O)c2ccc(C(F)(F)F)cc2)n1. The third kappa shape index (κ3) is 4.20. The molecule has 3 rings (SSSR count). The highest BCUT2D eigenvalue weighted by atomic mass is 19.4. The highest BCUT2D eigenvalue weighted by Crippen LogP contribution is 2.29. The number of nitrogens with zero attached hydrogens (tertiary/aromatic N) is 3. The quantitative estimate of drug-likeness (QED) is 0.852. The summed E-state index contributed by atoms with van der Waals surface area (Å²) in [5.41, 5.74) is -0.685. The molecule has 7 nitrogen and oxygen atoms in total. The van der Waals surface area contributed by atoms with E-state index in [2.05, 4.69) is 25.7 Å². The van der Waals surface area contributed by atoms with Crippen LogP contribution in [0.2, 0.25) is 0 Å². The summed E-state index contributed by atoms with van der Waals surface area (Å²) in [6.45, 7) is 2.45. The minimum absolute atomic E-state index is 0.00326. The Morgan fingerprint density at radius 1 is 1.38 bits per heavy atom. The topological polar surface area (TPSA) is 83.3 Å². The van der Waals surface area contributed by atoms with Crippen molar-refractivity contribution in [3.05, 3.63) is 47.1 Å². The molecule has 1 saturated heterocycles. The zero-order chi connectivity index (χ0) is 18.7. The van der Waals surface area contributed by atoms with Gasteiger partial charge in [0, 0.05) is 25.2 Å². The number of halogens is 3. The molecule has 2 N–H and O–H groups in total. The first-order chi connectivity index (χ1) is 12.3. The Morgan fingerprint density at radius 3 is 2.77 bits per heavy atom. The molecule has 1 aliphatic rings. The van der Waals surface area contributed by atoms with Gasteiger partial charge >= 0.3 is 6.18 Å². The van der Waals surface area contributed by atoms with E-state index in [0.29, 0.717) is 12.4 Å². The first-order valence-corrected chi connectivity index (χ1v) is 8.03. The van der Waals surface area contributed by atoms with Gasteiger partial charge in [0.1, 0.15) is 0 Å². The summed E-state index contributed by atoms with van der Waals surface area (Å²) in [7, 11) is 1.97. The van der Waals surface area contributed by atoms with E-state index in [1.54, 1.807) is 0 Å². The fraction of sp³-hybridized carbons (Fsp3) is 0.438. The molecule has 2 heterocycles. The Balaban J connectivity index is 1.58. The largest absolute Gasteiger partial charge is 0.416 e. The Hall–Kier alpha value is -2.46. The van der Waals surface area contributed by atoms with Crippen molar-refractivity contribution < 1.29 is 22.5 Å². The summed E-state index contributed by atoms with van der Waals surface area (Å²) in [6.07, 6.45) is -4.43. The van der Waals surface area contributed by atoms with E-state index < -0.39 is 17.6 Å². The lowest BCUT2D eigenvalue weighted by Gasteiger charge is -2.30. The molecule has 1 aromatic heterocycles. The van der Waals surface area contributed by atoms with Crippen LogP contribution in [0.5, 0.6) is 0 Å². The van der Waals surface area contributed by atoms with Gasteiger partial charge in [0.2, 0.25) is 5.89 Å². The van der Waals surface area contributed by atoms with Gasteiger partial charge in [-0.05, 0) is 31.3 Å². The Kier molecular flexibility index (Phi) is 5.23. The van der Waals surface area contributed by atoms with Gasteiger partial charge < -0.3 is 15.2 Å². The Labute approximate surface area is 147 Å². The maximum Gasteiger partial charge on any atom is 0.416 e. The summed E-state index contributed by atoms with van der Waals surface area (Å²) in [5.74, 6) is 0.243. The summed E-state index contributed by atoms with van der Waals surface area (Å²) in [6, 6.07) is 3.98. The predicted molar refractivity (Wildman–Crippen MR) is 85.2 cm³/mol. The van der Waals surface area contributed by atoms with Crippen LogP contribution in [0, 0.1) is 0 Å². The van der Waals surface area contributed by atoms with E-state index in [4.69, 9.17) is 4.52 Å². The smallest absolute Gasteiger partial charge is 0.343 e. The molecule has 140 valence electrons. The standard InChI is InChI=1S/C16H18F3N5O2/c1-24-7-6-20-8-12(24)14-22-13(26-23-14)9-21-15(25)10-2-4-11(5-3-10)16(17,18)19/h2-5,12,20H,6-9H2,1H3,(H,21,25). The van der Waals surface area contributed by atoms with E-state index in [1.807, 2.05) is 7.05 Å². The molecule has 2 aromatic rings. The molecule has 0 radical (unpaired) electrons. The van der Waals surface area contributed by atoms with Crippen LogP contribution in [0.4, 0.5) is 13.2 Å². The molecule has 26 heavy (non-hydrogen) atoms. The molecule has 0 aliphatic carbocycles. The van der Waals surface area contributed by atoms with Crippen molar-refractivity contribution in [1.29, 1.82) is 0 Å². The first-order valence-electron chi connectivity index (χ1n) is 8.03. The second kappa shape index (κ2) is 7.42. The maximum atomic E-state index is 12.5. The zero-order valence-corrected chi connectivity index (χ0v) is 14.0. The zero-order valence-electron chi connectivity index (χ0n) is 14.0. The molecule has 0 spiro atoms. The van der Waals surface area contributed by atoms with Crippen molar-refractivity contribution in [1.82, 2.24) is 25.7 Å². The lowest BCUT2D eigenvalue weighted by atomic mass is 10.1. The summed E-state index contributed by atoms with van der Waals surface area (Å²) < 4.78 is 42.7. The van der Waals surface area contributed by atoms with Crippen LogP contribution < -0.4 is 10.6 Å². The van der Waals surface area contributed by atoms with Gasteiger partial charge in [-0.3, -0.25) is 9.69 Å². The number of hydrogen-bond donors (Lipinski definition) is 2. The van der Waals surface area contributed by atoms with E-state index in [9.17, 15) is 18.0 Å². The molecule has 1 atom stereocenters. The van der Waals surface area contributed by atoms with Crippen molar-refractivity contribution in [2.45, 2.75) is 18.8 Å². The normalized spacial score (nSPS) is 18.7. The molecule has 10 heteroatoms. The van der Waals surface area contributed by atoms with Gasteiger partial charge in [0.05, 0.1) is 18.2 Å². The van der Waals surface area contributed by atoms with Crippen LogP contribution in [0.15, 0.2) is 28.8 Å². The first kappa shape index (κ1) is 18.3. The fourth-order valence-corrected chi connectivity index (χ4v) is 2.64. The number of carbonyl (C=O) groups is 1. The van der Waals surface area contributed by atoms with E-state index in [0.717, 1.165) is 37.4 Å². The van der Waals surface area contributed by atoms with Gasteiger partial charge in [-0.25, -0.2) is 0 Å². The number of alkyl halides is 3. The molecular formula is C16H18F3N5O2. The monoisotopic (exact) mass is 369 g/mol. The minimum atomic E-state index is -4.43. The van der Waals surface area contributed by atoms with E-state index in [1.165, 1.54) is 0 Å². The van der Waals surface area contributed by atoms with Gasteiger partial charge in [-0.15, -0.1) is 0 Å². The van der Waals surface area contributed by atoms with Crippen LogP contribution in [0.3, 0.4) is 0 Å². The Morgan fingerprint density at radius 2 is 2.12 bits per heavy atom. The number of amides is 1. The number of nitrogens with one attached hydrogen (secondary N) is 2. The van der Waals surface area contributed by atoms with Gasteiger partial charge in [0.25, 0.3) is 5.91 Å². The average Bonchev–Trinajstić information content (AvgIpc) is 3.08. The highest BCUT2D eigenvalue weighted by molar-refractivity contribution is 5.94. The van der Waals surface area contributed by atoms with Crippen molar-refractivity contribution >= 4 is 5.91 Å². The van der Waals surface area contributed by atoms with Crippen LogP contribution >= 0.6 is 0 Å². The summed E-state index contributed by atoms with van der Waals surface area (Å²) in [4.78, 5) is 18.4. The summed E-state index contributed by atoms with van der Waals surface area (Å²) >= 11 is 0. The highest BCUT2D eigenvalue weighted by Gasteiger charge is 2.30. The number of piperazine rings is 1. The Bertz CT molecular complexity index is 760. The molecule has 1 aromatic carbocycles. The molecule has 0 bridgehead atoms. The lowest BCUT2D eigenvalue weighted by Crippen LogP contribution is -2.44. The molecule has 0 saturated carbocycles. The predicted octanol–water partition coefficient (Wildman–Crippen LogP) is 1.59. The lowest BCUT2D eigenvalue weighted by molar-refractivity contribution is -0.137. The van der Waals surface area contributed by atoms with Crippen LogP contribution in [-0.4, -0.2) is 47.6 Å². The number of aromatic nitrogens is 2. The third-order valence-electron chi connectivity index (χ3n) is 4.17. The molecular weight excluding hydrogens is 351 g/mol. The van der Waals surface area contributed by atoms with Crippen LogP contribution in [-0.2, 0) is 12.7 Å². The van der Waals surface area contributed by atoms with Crippen molar-refractivity contribution in [2.24, 2.45) is 0 Å².